The van der Waals surface area contributed by atoms with E-state index in [1.807, 2.05) is 0 Å². The third-order valence-electron chi connectivity index (χ3n) is 4.27. The topological polar surface area (TPSA) is 26.3 Å². The Morgan fingerprint density at radius 1 is 0.682 bits per heavy atom. The second kappa shape index (κ2) is 16.8. The smallest absolute Gasteiger partial charge is 0.306 e. The van der Waals surface area contributed by atoms with Crippen molar-refractivity contribution in [2.75, 3.05) is 0 Å². The van der Waals surface area contributed by atoms with Gasteiger partial charge in [0.05, 0.1) is 0 Å². The number of hydrogen-bond acceptors (Lipinski definition) is 2. The van der Waals surface area contributed by atoms with Crippen LogP contribution in [-0.2, 0) is 9.53 Å². The van der Waals surface area contributed by atoms with Gasteiger partial charge in [-0.1, -0.05) is 85.0 Å². The largest absolute Gasteiger partial charge is 0.462 e. The van der Waals surface area contributed by atoms with Crippen molar-refractivity contribution in [2.45, 2.75) is 123 Å². The molecule has 0 amide bonds. The monoisotopic (exact) mass is 312 g/mol. The van der Waals surface area contributed by atoms with Gasteiger partial charge in [0.2, 0.25) is 0 Å². The van der Waals surface area contributed by atoms with Gasteiger partial charge in [-0.05, 0) is 25.7 Å². The lowest BCUT2D eigenvalue weighted by molar-refractivity contribution is -0.150. The van der Waals surface area contributed by atoms with Crippen LogP contribution in [0.15, 0.2) is 0 Å². The van der Waals surface area contributed by atoms with E-state index in [9.17, 15) is 4.79 Å². The Kier molecular flexibility index (Phi) is 16.4. The SMILES string of the molecule is CCCCCCCCCCC(CCC)OC(=O)CCCCC. The molecule has 0 rings (SSSR count). The highest BCUT2D eigenvalue weighted by molar-refractivity contribution is 5.69. The van der Waals surface area contributed by atoms with Gasteiger partial charge >= 0.3 is 5.97 Å². The zero-order valence-corrected chi connectivity index (χ0v) is 15.5. The third-order valence-corrected chi connectivity index (χ3v) is 4.27. The zero-order valence-electron chi connectivity index (χ0n) is 15.5. The van der Waals surface area contributed by atoms with Crippen molar-refractivity contribution in [2.24, 2.45) is 0 Å². The molecular formula is C20H40O2. The van der Waals surface area contributed by atoms with E-state index in [1.165, 1.54) is 51.4 Å². The number of carbonyl (C=O) groups excluding carboxylic acids is 1. The van der Waals surface area contributed by atoms with Crippen molar-refractivity contribution in [3.63, 3.8) is 0 Å². The van der Waals surface area contributed by atoms with Crippen LogP contribution in [0.3, 0.4) is 0 Å². The minimum Gasteiger partial charge on any atom is -0.462 e. The van der Waals surface area contributed by atoms with E-state index in [0.717, 1.165) is 38.5 Å². The molecule has 0 heterocycles. The summed E-state index contributed by atoms with van der Waals surface area (Å²) in [5.41, 5.74) is 0. The Bertz CT molecular complexity index is 238. The van der Waals surface area contributed by atoms with E-state index in [4.69, 9.17) is 4.74 Å². The fourth-order valence-corrected chi connectivity index (χ4v) is 2.85. The predicted molar refractivity (Wildman–Crippen MR) is 96.2 cm³/mol. The van der Waals surface area contributed by atoms with E-state index in [2.05, 4.69) is 20.8 Å². The van der Waals surface area contributed by atoms with Gasteiger partial charge in [0, 0.05) is 6.42 Å². The second-order valence-corrected chi connectivity index (χ2v) is 6.62. The summed E-state index contributed by atoms with van der Waals surface area (Å²) >= 11 is 0. The molecule has 0 saturated heterocycles. The summed E-state index contributed by atoms with van der Waals surface area (Å²) in [6.07, 6.45) is 17.9. The Labute approximate surface area is 139 Å². The van der Waals surface area contributed by atoms with E-state index in [0.29, 0.717) is 6.42 Å². The maximum absolute atomic E-state index is 11.8. The summed E-state index contributed by atoms with van der Waals surface area (Å²) in [7, 11) is 0. The molecule has 22 heavy (non-hydrogen) atoms. The lowest BCUT2D eigenvalue weighted by Gasteiger charge is -2.17. The molecule has 0 aromatic carbocycles. The van der Waals surface area contributed by atoms with Gasteiger partial charge < -0.3 is 4.74 Å². The highest BCUT2D eigenvalue weighted by Gasteiger charge is 2.13. The van der Waals surface area contributed by atoms with Gasteiger partial charge in [0.1, 0.15) is 6.10 Å². The molecule has 0 bridgehead atoms. The summed E-state index contributed by atoms with van der Waals surface area (Å²) in [5, 5.41) is 0. The molecule has 2 nitrogen and oxygen atoms in total. The fraction of sp³-hybridized carbons (Fsp3) is 0.950. The van der Waals surface area contributed by atoms with Crippen molar-refractivity contribution in [1.29, 1.82) is 0 Å². The van der Waals surface area contributed by atoms with Gasteiger partial charge in [-0.3, -0.25) is 4.79 Å². The van der Waals surface area contributed by atoms with Gasteiger partial charge in [0.25, 0.3) is 0 Å². The first-order valence-corrected chi connectivity index (χ1v) is 9.94. The van der Waals surface area contributed by atoms with Crippen LogP contribution < -0.4 is 0 Å². The molecule has 0 aromatic rings. The molecule has 0 radical (unpaired) electrons. The molecule has 1 atom stereocenters. The summed E-state index contributed by atoms with van der Waals surface area (Å²) in [6, 6.07) is 0. The minimum atomic E-state index is 0.0199. The highest BCUT2D eigenvalue weighted by Crippen LogP contribution is 2.16. The molecule has 0 fully saturated rings. The standard InChI is InChI=1S/C20H40O2/c1-4-7-9-10-11-12-13-15-17-19(16-6-3)22-20(21)18-14-8-5-2/h19H,4-18H2,1-3H3. The molecule has 0 saturated carbocycles. The van der Waals surface area contributed by atoms with Crippen LogP contribution in [0.4, 0.5) is 0 Å². The molecule has 0 N–H and O–H groups in total. The third kappa shape index (κ3) is 14.4. The average molecular weight is 313 g/mol. The van der Waals surface area contributed by atoms with Crippen LogP contribution in [0, 0.1) is 0 Å². The van der Waals surface area contributed by atoms with Gasteiger partial charge in [-0.15, -0.1) is 0 Å². The molecule has 0 aliphatic heterocycles. The summed E-state index contributed by atoms with van der Waals surface area (Å²) in [4.78, 5) is 11.8. The first kappa shape index (κ1) is 21.5. The van der Waals surface area contributed by atoms with Gasteiger partial charge in [-0.25, -0.2) is 0 Å². The Balaban J connectivity index is 3.64. The van der Waals surface area contributed by atoms with Crippen LogP contribution in [0.2, 0.25) is 0 Å². The molecule has 0 aliphatic rings. The summed E-state index contributed by atoms with van der Waals surface area (Å²) in [5.74, 6) is 0.0199. The van der Waals surface area contributed by atoms with Crippen molar-refractivity contribution in [3.05, 3.63) is 0 Å². The predicted octanol–water partition coefficient (Wildman–Crippen LogP) is 6.81. The molecule has 0 aromatic heterocycles. The van der Waals surface area contributed by atoms with E-state index in [1.54, 1.807) is 0 Å². The highest BCUT2D eigenvalue weighted by atomic mass is 16.5. The number of rotatable bonds is 16. The maximum Gasteiger partial charge on any atom is 0.306 e. The normalized spacial score (nSPS) is 12.3. The molecular weight excluding hydrogens is 272 g/mol. The average Bonchev–Trinajstić information content (AvgIpc) is 2.50. The molecule has 2 heteroatoms. The van der Waals surface area contributed by atoms with Crippen LogP contribution in [0.5, 0.6) is 0 Å². The Morgan fingerprint density at radius 2 is 1.23 bits per heavy atom. The molecule has 0 spiro atoms. The number of unbranched alkanes of at least 4 members (excludes halogenated alkanes) is 9. The molecule has 0 aliphatic carbocycles. The van der Waals surface area contributed by atoms with E-state index < -0.39 is 0 Å². The summed E-state index contributed by atoms with van der Waals surface area (Å²) < 4.78 is 5.66. The lowest BCUT2D eigenvalue weighted by Crippen LogP contribution is -2.18. The zero-order chi connectivity index (χ0) is 16.5. The van der Waals surface area contributed by atoms with Crippen molar-refractivity contribution in [3.8, 4) is 0 Å². The van der Waals surface area contributed by atoms with Gasteiger partial charge in [0.15, 0.2) is 0 Å². The maximum atomic E-state index is 11.8. The number of hydrogen-bond donors (Lipinski definition) is 0. The summed E-state index contributed by atoms with van der Waals surface area (Å²) in [6.45, 7) is 6.59. The molecule has 132 valence electrons. The van der Waals surface area contributed by atoms with Crippen molar-refractivity contribution < 1.29 is 9.53 Å². The first-order valence-electron chi connectivity index (χ1n) is 9.94. The minimum absolute atomic E-state index is 0.0199. The number of esters is 1. The van der Waals surface area contributed by atoms with Crippen LogP contribution in [0.1, 0.15) is 117 Å². The second-order valence-electron chi connectivity index (χ2n) is 6.62. The fourth-order valence-electron chi connectivity index (χ4n) is 2.85. The first-order chi connectivity index (χ1) is 10.7. The molecule has 1 unspecified atom stereocenters. The lowest BCUT2D eigenvalue weighted by atomic mass is 10.0. The Morgan fingerprint density at radius 3 is 1.82 bits per heavy atom. The quantitative estimate of drug-likeness (QED) is 0.231. The Hall–Kier alpha value is -0.530. The van der Waals surface area contributed by atoms with E-state index in [-0.39, 0.29) is 12.1 Å². The van der Waals surface area contributed by atoms with Gasteiger partial charge in [-0.2, -0.15) is 0 Å². The number of carbonyl (C=O) groups is 1. The number of ether oxygens (including phenoxy) is 1. The van der Waals surface area contributed by atoms with Crippen molar-refractivity contribution in [1.82, 2.24) is 0 Å². The van der Waals surface area contributed by atoms with Crippen molar-refractivity contribution >= 4 is 5.97 Å². The van der Waals surface area contributed by atoms with Crippen LogP contribution in [0.25, 0.3) is 0 Å². The van der Waals surface area contributed by atoms with Crippen LogP contribution >= 0.6 is 0 Å². The van der Waals surface area contributed by atoms with E-state index >= 15 is 0 Å². The van der Waals surface area contributed by atoms with Crippen LogP contribution in [-0.4, -0.2) is 12.1 Å².